The highest BCUT2D eigenvalue weighted by atomic mass is 79.9. The van der Waals surface area contributed by atoms with Crippen LogP contribution in [0.15, 0.2) is 39.5 Å². The summed E-state index contributed by atoms with van der Waals surface area (Å²) in [7, 11) is 0. The Balaban J connectivity index is 1.56. The Morgan fingerprint density at radius 3 is 2.57 bits per heavy atom. The molecule has 1 N–H and O–H groups in total. The molecule has 1 saturated heterocycles. The van der Waals surface area contributed by atoms with Crippen molar-refractivity contribution >= 4 is 38.9 Å². The largest absolute Gasteiger partial charge is 0.372 e. The minimum Gasteiger partial charge on any atom is -0.372 e. The van der Waals surface area contributed by atoms with Gasteiger partial charge in [0, 0.05) is 30.7 Å². The predicted octanol–water partition coefficient (Wildman–Crippen LogP) is 4.04. The standard InChI is InChI=1S/C16H17BrN2OS/c17-15-9-13(11-21-15)16(20)18-10-12-3-5-14(6-4-12)19-7-1-2-8-19/h3-6,9,11H,1-2,7-8,10H2,(H,18,20). The predicted molar refractivity (Wildman–Crippen MR) is 91.1 cm³/mol. The Morgan fingerprint density at radius 2 is 1.95 bits per heavy atom. The normalized spacial score (nSPS) is 14.4. The Hall–Kier alpha value is -1.33. The van der Waals surface area contributed by atoms with Crippen LogP contribution in [0.4, 0.5) is 5.69 Å². The Morgan fingerprint density at radius 1 is 1.24 bits per heavy atom. The van der Waals surface area contributed by atoms with E-state index in [2.05, 4.69) is 50.4 Å². The summed E-state index contributed by atoms with van der Waals surface area (Å²) in [5.41, 5.74) is 3.12. The maximum absolute atomic E-state index is 12.0. The van der Waals surface area contributed by atoms with Crippen molar-refractivity contribution in [2.45, 2.75) is 19.4 Å². The number of nitrogens with one attached hydrogen (secondary N) is 1. The van der Waals surface area contributed by atoms with E-state index in [1.165, 1.54) is 29.9 Å². The molecule has 0 atom stereocenters. The second-order valence-corrected chi connectivity index (χ2v) is 7.47. The van der Waals surface area contributed by atoms with Crippen LogP contribution in [-0.2, 0) is 6.54 Å². The average molecular weight is 365 g/mol. The van der Waals surface area contributed by atoms with Gasteiger partial charge in [-0.3, -0.25) is 4.79 Å². The third-order valence-electron chi connectivity index (χ3n) is 3.69. The highest BCUT2D eigenvalue weighted by Crippen LogP contribution is 2.21. The van der Waals surface area contributed by atoms with E-state index >= 15 is 0 Å². The van der Waals surface area contributed by atoms with Gasteiger partial charge in [0.1, 0.15) is 0 Å². The second kappa shape index (κ2) is 6.62. The van der Waals surface area contributed by atoms with E-state index in [-0.39, 0.29) is 5.91 Å². The molecule has 3 rings (SSSR count). The molecule has 1 aliphatic rings. The molecule has 2 heterocycles. The van der Waals surface area contributed by atoms with Crippen LogP contribution in [0.25, 0.3) is 0 Å². The molecule has 0 bridgehead atoms. The molecule has 1 aromatic heterocycles. The summed E-state index contributed by atoms with van der Waals surface area (Å²) in [5.74, 6) is -0.0273. The summed E-state index contributed by atoms with van der Waals surface area (Å²) in [4.78, 5) is 14.4. The zero-order valence-electron chi connectivity index (χ0n) is 11.6. The fourth-order valence-electron chi connectivity index (χ4n) is 2.51. The van der Waals surface area contributed by atoms with Crippen LogP contribution < -0.4 is 10.2 Å². The van der Waals surface area contributed by atoms with Crippen molar-refractivity contribution in [3.8, 4) is 0 Å². The molecule has 0 radical (unpaired) electrons. The number of hydrogen-bond donors (Lipinski definition) is 1. The first-order valence-corrected chi connectivity index (χ1v) is 8.76. The Kier molecular flexibility index (Phi) is 4.60. The van der Waals surface area contributed by atoms with E-state index in [1.807, 2.05) is 11.4 Å². The molecule has 3 nitrogen and oxygen atoms in total. The van der Waals surface area contributed by atoms with E-state index in [0.717, 1.165) is 22.4 Å². The minimum absolute atomic E-state index is 0.0273. The van der Waals surface area contributed by atoms with E-state index in [9.17, 15) is 4.79 Å². The highest BCUT2D eigenvalue weighted by Gasteiger charge is 2.12. The first-order valence-electron chi connectivity index (χ1n) is 7.08. The molecule has 1 aromatic carbocycles. The first-order chi connectivity index (χ1) is 10.2. The molecular formula is C16H17BrN2OS. The number of rotatable bonds is 4. The molecule has 5 heteroatoms. The van der Waals surface area contributed by atoms with Gasteiger partial charge in [0.2, 0.25) is 0 Å². The molecule has 1 amide bonds. The molecule has 110 valence electrons. The summed E-state index contributed by atoms with van der Waals surface area (Å²) in [6.07, 6.45) is 2.57. The summed E-state index contributed by atoms with van der Waals surface area (Å²) < 4.78 is 0.975. The number of hydrogen-bond acceptors (Lipinski definition) is 3. The maximum atomic E-state index is 12.0. The lowest BCUT2D eigenvalue weighted by molar-refractivity contribution is 0.0951. The van der Waals surface area contributed by atoms with E-state index < -0.39 is 0 Å². The summed E-state index contributed by atoms with van der Waals surface area (Å²) in [5, 5.41) is 4.81. The highest BCUT2D eigenvalue weighted by molar-refractivity contribution is 9.11. The van der Waals surface area contributed by atoms with Crippen molar-refractivity contribution in [3.63, 3.8) is 0 Å². The molecule has 0 unspecified atom stereocenters. The summed E-state index contributed by atoms with van der Waals surface area (Å²) >= 11 is 4.89. The number of anilines is 1. The second-order valence-electron chi connectivity index (χ2n) is 5.18. The third-order valence-corrected chi connectivity index (χ3v) is 5.19. The van der Waals surface area contributed by atoms with Crippen molar-refractivity contribution < 1.29 is 4.79 Å². The Bertz CT molecular complexity index is 617. The number of benzene rings is 1. The van der Waals surface area contributed by atoms with E-state index in [0.29, 0.717) is 12.1 Å². The lowest BCUT2D eigenvalue weighted by Gasteiger charge is -2.17. The van der Waals surface area contributed by atoms with Crippen LogP contribution in [0.3, 0.4) is 0 Å². The quantitative estimate of drug-likeness (QED) is 0.887. The van der Waals surface area contributed by atoms with Crippen LogP contribution in [0, 0.1) is 0 Å². The molecule has 21 heavy (non-hydrogen) atoms. The zero-order valence-corrected chi connectivity index (χ0v) is 14.0. The molecular weight excluding hydrogens is 348 g/mol. The van der Waals surface area contributed by atoms with Crippen LogP contribution in [0.5, 0.6) is 0 Å². The fourth-order valence-corrected chi connectivity index (χ4v) is 3.65. The van der Waals surface area contributed by atoms with Gasteiger partial charge in [-0.15, -0.1) is 11.3 Å². The SMILES string of the molecule is O=C(NCc1ccc(N2CCCC2)cc1)c1csc(Br)c1. The molecule has 0 saturated carbocycles. The van der Waals surface area contributed by atoms with Gasteiger partial charge in [-0.25, -0.2) is 0 Å². The minimum atomic E-state index is -0.0273. The average Bonchev–Trinajstić information content (AvgIpc) is 3.16. The summed E-state index contributed by atoms with van der Waals surface area (Å²) in [6, 6.07) is 10.3. The fraction of sp³-hybridized carbons (Fsp3) is 0.312. The lowest BCUT2D eigenvalue weighted by Crippen LogP contribution is -2.22. The number of carbonyl (C=O) groups is 1. The number of thiophene rings is 1. The van der Waals surface area contributed by atoms with Crippen molar-refractivity contribution in [2.75, 3.05) is 18.0 Å². The van der Waals surface area contributed by atoms with Crippen molar-refractivity contribution in [2.24, 2.45) is 0 Å². The third kappa shape index (κ3) is 3.66. The van der Waals surface area contributed by atoms with Gasteiger partial charge < -0.3 is 10.2 Å². The molecule has 1 fully saturated rings. The lowest BCUT2D eigenvalue weighted by atomic mass is 10.2. The maximum Gasteiger partial charge on any atom is 0.252 e. The van der Waals surface area contributed by atoms with Crippen LogP contribution in [0.2, 0.25) is 0 Å². The summed E-state index contributed by atoms with van der Waals surface area (Å²) in [6.45, 7) is 2.87. The first kappa shape index (κ1) is 14.6. The number of halogens is 1. The van der Waals surface area contributed by atoms with Crippen molar-refractivity contribution in [3.05, 3.63) is 50.6 Å². The van der Waals surface area contributed by atoms with E-state index in [4.69, 9.17) is 0 Å². The molecule has 0 spiro atoms. The van der Waals surface area contributed by atoms with Gasteiger partial charge in [-0.2, -0.15) is 0 Å². The topological polar surface area (TPSA) is 32.3 Å². The van der Waals surface area contributed by atoms with Crippen LogP contribution >= 0.6 is 27.3 Å². The number of amides is 1. The smallest absolute Gasteiger partial charge is 0.252 e. The Labute approximate surface area is 137 Å². The van der Waals surface area contributed by atoms with Gasteiger partial charge in [-0.1, -0.05) is 12.1 Å². The van der Waals surface area contributed by atoms with Gasteiger partial charge in [0.25, 0.3) is 5.91 Å². The molecule has 1 aliphatic heterocycles. The number of carbonyl (C=O) groups excluding carboxylic acids is 1. The molecule has 2 aromatic rings. The monoisotopic (exact) mass is 364 g/mol. The molecule has 0 aliphatic carbocycles. The van der Waals surface area contributed by atoms with Crippen LogP contribution in [0.1, 0.15) is 28.8 Å². The number of nitrogens with zero attached hydrogens (tertiary/aromatic N) is 1. The van der Waals surface area contributed by atoms with E-state index in [1.54, 1.807) is 0 Å². The van der Waals surface area contributed by atoms with Gasteiger partial charge in [0.05, 0.1) is 9.35 Å². The zero-order chi connectivity index (χ0) is 14.7. The van der Waals surface area contributed by atoms with Crippen LogP contribution in [-0.4, -0.2) is 19.0 Å². The van der Waals surface area contributed by atoms with Gasteiger partial charge in [-0.05, 0) is 52.5 Å². The van der Waals surface area contributed by atoms with Gasteiger partial charge in [0.15, 0.2) is 0 Å². The van der Waals surface area contributed by atoms with Crippen molar-refractivity contribution in [1.82, 2.24) is 5.32 Å². The van der Waals surface area contributed by atoms with Gasteiger partial charge >= 0.3 is 0 Å². The van der Waals surface area contributed by atoms with Crippen molar-refractivity contribution in [1.29, 1.82) is 0 Å².